The van der Waals surface area contributed by atoms with E-state index >= 15 is 0 Å². The first-order chi connectivity index (χ1) is 17.3. The molecule has 0 bridgehead atoms. The zero-order chi connectivity index (χ0) is 25.1. The second-order valence-electron chi connectivity index (χ2n) is 8.78. The number of ether oxygens (including phenoxy) is 1. The standard InChI is InChI=1S/C27H18ClFN2O4S/c1-13-10-16-11-15(4-9-20(16)35-13)24(32)22-23(14-2-6-18(29)7-3-14)31(26(34)25(22)33)27-30-19-8-5-17(28)12-21(19)36-27/h2-9,11-13,23,32H,10H2,1H3/t13-,23+/m0/s1. The fourth-order valence-corrected chi connectivity index (χ4v) is 5.97. The summed E-state index contributed by atoms with van der Waals surface area (Å²) in [4.78, 5) is 32.5. The lowest BCUT2D eigenvalue weighted by molar-refractivity contribution is -0.132. The summed E-state index contributed by atoms with van der Waals surface area (Å²) in [6, 6.07) is 14.8. The van der Waals surface area contributed by atoms with Crippen LogP contribution in [0, 0.1) is 5.82 Å². The molecule has 2 aliphatic rings. The Morgan fingerprint density at radius 1 is 1.14 bits per heavy atom. The van der Waals surface area contributed by atoms with Crippen molar-refractivity contribution in [3.63, 3.8) is 0 Å². The van der Waals surface area contributed by atoms with Crippen LogP contribution < -0.4 is 9.64 Å². The van der Waals surface area contributed by atoms with Gasteiger partial charge in [0.15, 0.2) is 5.13 Å². The van der Waals surface area contributed by atoms with Crippen LogP contribution in [0.3, 0.4) is 0 Å². The normalized spacial score (nSPS) is 20.7. The molecule has 6 rings (SSSR count). The van der Waals surface area contributed by atoms with E-state index in [4.69, 9.17) is 16.3 Å². The van der Waals surface area contributed by atoms with E-state index < -0.39 is 23.5 Å². The number of carbonyl (C=O) groups excluding carboxylic acids is 2. The molecule has 1 amide bonds. The number of rotatable bonds is 3. The summed E-state index contributed by atoms with van der Waals surface area (Å²) < 4.78 is 20.2. The number of hydrogen-bond acceptors (Lipinski definition) is 6. The van der Waals surface area contributed by atoms with Gasteiger partial charge in [-0.15, -0.1) is 0 Å². The molecule has 36 heavy (non-hydrogen) atoms. The Hall–Kier alpha value is -3.75. The molecule has 1 fully saturated rings. The van der Waals surface area contributed by atoms with E-state index in [9.17, 15) is 19.1 Å². The van der Waals surface area contributed by atoms with E-state index in [0.29, 0.717) is 28.1 Å². The van der Waals surface area contributed by atoms with E-state index in [1.165, 1.54) is 40.5 Å². The summed E-state index contributed by atoms with van der Waals surface area (Å²) >= 11 is 7.32. The first-order valence-corrected chi connectivity index (χ1v) is 12.4. The maximum Gasteiger partial charge on any atom is 0.301 e. The number of fused-ring (bicyclic) bond motifs is 2. The largest absolute Gasteiger partial charge is 0.507 e. The summed E-state index contributed by atoms with van der Waals surface area (Å²) in [5.41, 5.74) is 2.30. The average molecular weight is 521 g/mol. The molecule has 3 aromatic carbocycles. The molecular weight excluding hydrogens is 503 g/mol. The lowest BCUT2D eigenvalue weighted by atomic mass is 9.94. The minimum absolute atomic E-state index is 0.00901. The van der Waals surface area contributed by atoms with Gasteiger partial charge < -0.3 is 9.84 Å². The van der Waals surface area contributed by atoms with Gasteiger partial charge in [0.2, 0.25) is 0 Å². The molecule has 3 heterocycles. The average Bonchev–Trinajstić information content (AvgIpc) is 3.51. The Kier molecular flexibility index (Phi) is 5.31. The SMILES string of the molecule is C[C@H]1Cc2cc(C(O)=C3C(=O)C(=O)N(c4nc5ccc(Cl)cc5s4)[C@@H]3c3ccc(F)cc3)ccc2O1. The Labute approximate surface area is 214 Å². The van der Waals surface area contributed by atoms with Crippen LogP contribution in [0.25, 0.3) is 16.0 Å². The molecule has 0 unspecified atom stereocenters. The maximum absolute atomic E-state index is 13.8. The molecule has 1 saturated heterocycles. The second-order valence-corrected chi connectivity index (χ2v) is 10.2. The smallest absolute Gasteiger partial charge is 0.301 e. The summed E-state index contributed by atoms with van der Waals surface area (Å²) in [6.07, 6.45) is 0.676. The minimum Gasteiger partial charge on any atom is -0.507 e. The number of amides is 1. The van der Waals surface area contributed by atoms with Gasteiger partial charge in [-0.2, -0.15) is 0 Å². The van der Waals surface area contributed by atoms with Crippen molar-refractivity contribution in [2.45, 2.75) is 25.5 Å². The predicted molar refractivity (Wildman–Crippen MR) is 136 cm³/mol. The molecule has 0 radical (unpaired) electrons. The molecule has 2 aliphatic heterocycles. The predicted octanol–water partition coefficient (Wildman–Crippen LogP) is 6.04. The van der Waals surface area contributed by atoms with Crippen LogP contribution in [0.2, 0.25) is 5.02 Å². The third kappa shape index (κ3) is 3.65. The van der Waals surface area contributed by atoms with Gasteiger partial charge in [0.05, 0.1) is 21.8 Å². The number of hydrogen-bond donors (Lipinski definition) is 1. The van der Waals surface area contributed by atoms with Crippen molar-refractivity contribution >= 4 is 55.7 Å². The molecule has 180 valence electrons. The number of anilines is 1. The summed E-state index contributed by atoms with van der Waals surface area (Å²) in [5, 5.41) is 12.2. The highest BCUT2D eigenvalue weighted by molar-refractivity contribution is 7.22. The topological polar surface area (TPSA) is 79.7 Å². The van der Waals surface area contributed by atoms with E-state index in [0.717, 1.165) is 16.0 Å². The molecule has 2 atom stereocenters. The molecule has 0 spiro atoms. The summed E-state index contributed by atoms with van der Waals surface area (Å²) in [5.74, 6) is -1.71. The van der Waals surface area contributed by atoms with Crippen LogP contribution >= 0.6 is 22.9 Å². The highest BCUT2D eigenvalue weighted by Crippen LogP contribution is 2.45. The van der Waals surface area contributed by atoms with Gasteiger partial charge in [-0.3, -0.25) is 14.5 Å². The fourth-order valence-electron chi connectivity index (χ4n) is 4.70. The number of halogens is 2. The molecule has 1 aromatic heterocycles. The molecule has 1 N–H and O–H groups in total. The minimum atomic E-state index is -0.995. The first kappa shape index (κ1) is 22.7. The van der Waals surface area contributed by atoms with Crippen molar-refractivity contribution in [2.24, 2.45) is 0 Å². The Morgan fingerprint density at radius 3 is 2.69 bits per heavy atom. The lowest BCUT2D eigenvalue weighted by Gasteiger charge is -2.23. The zero-order valence-electron chi connectivity index (χ0n) is 18.9. The van der Waals surface area contributed by atoms with Crippen molar-refractivity contribution in [1.82, 2.24) is 4.98 Å². The van der Waals surface area contributed by atoms with Gasteiger partial charge in [-0.05, 0) is 66.6 Å². The van der Waals surface area contributed by atoms with E-state index in [1.54, 1.807) is 36.4 Å². The van der Waals surface area contributed by atoms with Crippen molar-refractivity contribution in [3.8, 4) is 5.75 Å². The van der Waals surface area contributed by atoms with Crippen LogP contribution in [0.5, 0.6) is 5.75 Å². The highest BCUT2D eigenvalue weighted by atomic mass is 35.5. The van der Waals surface area contributed by atoms with Crippen LogP contribution in [0.15, 0.2) is 66.2 Å². The fraction of sp³-hybridized carbons (Fsp3) is 0.148. The van der Waals surface area contributed by atoms with Gasteiger partial charge in [-0.25, -0.2) is 9.37 Å². The third-order valence-electron chi connectivity index (χ3n) is 6.34. The molecule has 0 saturated carbocycles. The van der Waals surface area contributed by atoms with Crippen molar-refractivity contribution in [1.29, 1.82) is 0 Å². The van der Waals surface area contributed by atoms with Gasteiger partial charge in [0.25, 0.3) is 5.78 Å². The van der Waals surface area contributed by atoms with Crippen LogP contribution in [0.1, 0.15) is 29.7 Å². The van der Waals surface area contributed by atoms with E-state index in [-0.39, 0.29) is 22.6 Å². The van der Waals surface area contributed by atoms with Gasteiger partial charge in [0, 0.05) is 17.0 Å². The molecule has 6 nitrogen and oxygen atoms in total. The van der Waals surface area contributed by atoms with Crippen LogP contribution in [0.4, 0.5) is 9.52 Å². The van der Waals surface area contributed by atoms with Crippen LogP contribution in [-0.4, -0.2) is 27.9 Å². The number of aromatic nitrogens is 1. The zero-order valence-corrected chi connectivity index (χ0v) is 20.4. The van der Waals surface area contributed by atoms with Gasteiger partial charge in [0.1, 0.15) is 23.4 Å². The number of aliphatic hydroxyl groups is 1. The Morgan fingerprint density at radius 2 is 1.92 bits per heavy atom. The lowest BCUT2D eigenvalue weighted by Crippen LogP contribution is -2.29. The number of Topliss-reactive ketones (excluding diaryl/α,β-unsaturated/α-hetero) is 1. The summed E-state index contributed by atoms with van der Waals surface area (Å²) in [7, 11) is 0. The summed E-state index contributed by atoms with van der Waals surface area (Å²) in [6.45, 7) is 1.95. The van der Waals surface area contributed by atoms with Crippen molar-refractivity contribution < 1.29 is 23.8 Å². The molecule has 4 aromatic rings. The Bertz CT molecular complexity index is 1600. The number of ketones is 1. The van der Waals surface area contributed by atoms with Crippen molar-refractivity contribution in [2.75, 3.05) is 4.90 Å². The van der Waals surface area contributed by atoms with Gasteiger partial charge >= 0.3 is 5.91 Å². The van der Waals surface area contributed by atoms with E-state index in [2.05, 4.69) is 4.98 Å². The first-order valence-electron chi connectivity index (χ1n) is 11.2. The number of benzene rings is 3. The molecular formula is C27H18ClFN2O4S. The molecule has 0 aliphatic carbocycles. The monoisotopic (exact) mass is 520 g/mol. The number of aliphatic hydroxyl groups excluding tert-OH is 1. The quantitative estimate of drug-likeness (QED) is 0.202. The number of nitrogens with zero attached hydrogens (tertiary/aromatic N) is 2. The number of carbonyl (C=O) groups is 2. The van der Waals surface area contributed by atoms with Crippen molar-refractivity contribution in [3.05, 3.63) is 93.8 Å². The Balaban J connectivity index is 1.53. The van der Waals surface area contributed by atoms with Gasteiger partial charge in [-0.1, -0.05) is 35.1 Å². The van der Waals surface area contributed by atoms with Crippen LogP contribution in [-0.2, 0) is 16.0 Å². The molecule has 9 heteroatoms. The highest BCUT2D eigenvalue weighted by Gasteiger charge is 2.48. The maximum atomic E-state index is 13.8. The second kappa shape index (κ2) is 8.43. The third-order valence-corrected chi connectivity index (χ3v) is 7.60. The number of thiazole rings is 1. The van der Waals surface area contributed by atoms with E-state index in [1.807, 2.05) is 6.92 Å².